The van der Waals surface area contributed by atoms with Crippen LogP contribution in [0.25, 0.3) is 0 Å². The van der Waals surface area contributed by atoms with Gasteiger partial charge in [0.05, 0.1) is 0 Å². The average Bonchev–Trinajstić information content (AvgIpc) is 2.44. The largest absolute Gasteiger partial charge is 0.336 e. The summed E-state index contributed by atoms with van der Waals surface area (Å²) in [5, 5.41) is 3.47. The minimum absolute atomic E-state index is 0.0451. The molecule has 1 aromatic rings. The van der Waals surface area contributed by atoms with Crippen LogP contribution in [0.15, 0.2) is 18.2 Å². The van der Waals surface area contributed by atoms with Gasteiger partial charge in [0.2, 0.25) is 5.91 Å². The van der Waals surface area contributed by atoms with Crippen molar-refractivity contribution in [3.05, 3.63) is 28.8 Å². The molecule has 1 saturated heterocycles. The van der Waals surface area contributed by atoms with Crippen molar-refractivity contribution in [2.24, 2.45) is 0 Å². The van der Waals surface area contributed by atoms with Crippen LogP contribution in [0, 0.1) is 6.92 Å². The Balaban J connectivity index is 2.15. The summed E-state index contributed by atoms with van der Waals surface area (Å²) in [6, 6.07) is 4.93. The van der Waals surface area contributed by atoms with E-state index in [0.29, 0.717) is 18.1 Å². The molecule has 5 nitrogen and oxygen atoms in total. The van der Waals surface area contributed by atoms with Gasteiger partial charge >= 0.3 is 6.03 Å². The van der Waals surface area contributed by atoms with Crippen LogP contribution in [0.1, 0.15) is 26.3 Å². The number of aryl methyl sites for hydroxylation is 1. The molecule has 0 radical (unpaired) electrons. The number of amides is 3. The summed E-state index contributed by atoms with van der Waals surface area (Å²) in [5.41, 5.74) is 1.75. The third-order valence-corrected chi connectivity index (χ3v) is 4.20. The quantitative estimate of drug-likeness (QED) is 0.910. The smallest absolute Gasteiger partial charge is 0.318 e. The van der Waals surface area contributed by atoms with Crippen molar-refractivity contribution < 1.29 is 9.59 Å². The molecule has 1 aliphatic heterocycles. The first-order chi connectivity index (χ1) is 10.3. The van der Waals surface area contributed by atoms with E-state index in [1.807, 2.05) is 32.9 Å². The van der Waals surface area contributed by atoms with Crippen molar-refractivity contribution in [3.63, 3.8) is 0 Å². The van der Waals surface area contributed by atoms with Gasteiger partial charge < -0.3 is 15.1 Å². The Hall–Kier alpha value is -1.75. The number of benzene rings is 1. The highest BCUT2D eigenvalue weighted by molar-refractivity contribution is 6.31. The van der Waals surface area contributed by atoms with Gasteiger partial charge in [-0.3, -0.25) is 4.79 Å². The molecule has 6 heteroatoms. The van der Waals surface area contributed by atoms with Crippen LogP contribution in [-0.2, 0) is 4.79 Å². The Bertz CT molecular complexity index is 589. The molecule has 22 heavy (non-hydrogen) atoms. The number of hydrogen-bond acceptors (Lipinski definition) is 2. The highest BCUT2D eigenvalue weighted by atomic mass is 35.5. The molecule has 1 atom stereocenters. The zero-order chi connectivity index (χ0) is 16.4. The van der Waals surface area contributed by atoms with Gasteiger partial charge in [0.15, 0.2) is 0 Å². The summed E-state index contributed by atoms with van der Waals surface area (Å²) in [7, 11) is 0. The van der Waals surface area contributed by atoms with Crippen LogP contribution in [-0.4, -0.2) is 42.0 Å². The van der Waals surface area contributed by atoms with E-state index in [-0.39, 0.29) is 18.0 Å². The van der Waals surface area contributed by atoms with Crippen molar-refractivity contribution in [1.29, 1.82) is 0 Å². The van der Waals surface area contributed by atoms with Crippen molar-refractivity contribution in [2.75, 3.05) is 18.0 Å². The van der Waals surface area contributed by atoms with Gasteiger partial charge in [0.25, 0.3) is 0 Å². The van der Waals surface area contributed by atoms with E-state index >= 15 is 0 Å². The lowest BCUT2D eigenvalue weighted by Crippen LogP contribution is -2.60. The second-order valence-corrected chi connectivity index (χ2v) is 6.30. The van der Waals surface area contributed by atoms with E-state index in [0.717, 1.165) is 11.3 Å². The Labute approximate surface area is 136 Å². The van der Waals surface area contributed by atoms with Crippen LogP contribution < -0.4 is 10.2 Å². The maximum absolute atomic E-state index is 12.6. The minimum Gasteiger partial charge on any atom is -0.336 e. The number of urea groups is 1. The van der Waals surface area contributed by atoms with Gasteiger partial charge in [-0.15, -0.1) is 0 Å². The molecule has 2 rings (SSSR count). The fourth-order valence-electron chi connectivity index (χ4n) is 2.48. The second-order valence-electron chi connectivity index (χ2n) is 5.90. The van der Waals surface area contributed by atoms with Crippen LogP contribution in [0.3, 0.4) is 0 Å². The van der Waals surface area contributed by atoms with Gasteiger partial charge in [-0.1, -0.05) is 17.7 Å². The normalized spacial score (nSPS) is 18.8. The summed E-state index contributed by atoms with van der Waals surface area (Å²) in [5.74, 6) is -0.0925. The highest BCUT2D eigenvalue weighted by Gasteiger charge is 2.35. The second kappa shape index (κ2) is 6.57. The molecule has 0 aliphatic carbocycles. The Morgan fingerprint density at radius 3 is 2.64 bits per heavy atom. The summed E-state index contributed by atoms with van der Waals surface area (Å²) in [4.78, 5) is 28.0. The molecule has 0 bridgehead atoms. The molecular weight excluding hydrogens is 302 g/mol. The van der Waals surface area contributed by atoms with E-state index in [4.69, 9.17) is 11.6 Å². The first-order valence-electron chi connectivity index (χ1n) is 7.46. The van der Waals surface area contributed by atoms with Crippen molar-refractivity contribution >= 4 is 29.2 Å². The summed E-state index contributed by atoms with van der Waals surface area (Å²) in [6.45, 7) is 8.43. The molecule has 0 unspecified atom stereocenters. The molecule has 1 aliphatic rings. The third-order valence-electron chi connectivity index (χ3n) is 3.80. The lowest BCUT2D eigenvalue weighted by Gasteiger charge is -2.39. The summed E-state index contributed by atoms with van der Waals surface area (Å²) < 4.78 is 0. The van der Waals surface area contributed by atoms with E-state index < -0.39 is 6.04 Å². The van der Waals surface area contributed by atoms with E-state index in [1.165, 1.54) is 0 Å². The highest BCUT2D eigenvalue weighted by Crippen LogP contribution is 2.26. The number of piperazine rings is 1. The maximum Gasteiger partial charge on any atom is 0.318 e. The predicted molar refractivity (Wildman–Crippen MR) is 88.4 cm³/mol. The molecule has 120 valence electrons. The van der Waals surface area contributed by atoms with Gasteiger partial charge in [-0.2, -0.15) is 0 Å². The minimum atomic E-state index is -0.493. The van der Waals surface area contributed by atoms with Crippen molar-refractivity contribution in [1.82, 2.24) is 10.2 Å². The molecule has 1 fully saturated rings. The Morgan fingerprint density at radius 2 is 2.05 bits per heavy atom. The van der Waals surface area contributed by atoms with Crippen LogP contribution in [0.5, 0.6) is 0 Å². The fraction of sp³-hybridized carbons (Fsp3) is 0.500. The molecule has 1 N–H and O–H groups in total. The SMILES string of the molecule is Cc1ccc(N2CCN(C(=O)NC(C)C)[C@@H](C)C2=O)cc1Cl. The first-order valence-corrected chi connectivity index (χ1v) is 7.83. The van der Waals surface area contributed by atoms with Crippen molar-refractivity contribution in [2.45, 2.75) is 39.8 Å². The Kier molecular flexibility index (Phi) is 4.96. The number of halogens is 1. The third kappa shape index (κ3) is 3.35. The standard InChI is InChI=1S/C16H22ClN3O2/c1-10(2)18-16(22)19-7-8-20(15(21)12(19)4)13-6-5-11(3)14(17)9-13/h5-6,9-10,12H,7-8H2,1-4H3,(H,18,22)/t12-/m0/s1. The fourth-order valence-corrected chi connectivity index (χ4v) is 2.66. The molecular formula is C16H22ClN3O2. The van der Waals surface area contributed by atoms with Gasteiger partial charge in [0.1, 0.15) is 6.04 Å². The topological polar surface area (TPSA) is 52.6 Å². The Morgan fingerprint density at radius 1 is 1.36 bits per heavy atom. The van der Waals surface area contributed by atoms with Crippen LogP contribution in [0.4, 0.5) is 10.5 Å². The maximum atomic E-state index is 12.6. The number of carbonyl (C=O) groups excluding carboxylic acids is 2. The monoisotopic (exact) mass is 323 g/mol. The number of carbonyl (C=O) groups is 2. The van der Waals surface area contributed by atoms with Crippen LogP contribution >= 0.6 is 11.6 Å². The molecule has 1 heterocycles. The molecule has 0 saturated carbocycles. The first kappa shape index (κ1) is 16.6. The summed E-state index contributed by atoms with van der Waals surface area (Å²) >= 11 is 6.14. The average molecular weight is 324 g/mol. The predicted octanol–water partition coefficient (Wildman–Crippen LogP) is 2.80. The number of anilines is 1. The lowest BCUT2D eigenvalue weighted by molar-refractivity contribution is -0.124. The van der Waals surface area contributed by atoms with E-state index in [1.54, 1.807) is 22.8 Å². The van der Waals surface area contributed by atoms with E-state index in [2.05, 4.69) is 5.32 Å². The number of nitrogens with zero attached hydrogens (tertiary/aromatic N) is 2. The van der Waals surface area contributed by atoms with Crippen molar-refractivity contribution in [3.8, 4) is 0 Å². The van der Waals surface area contributed by atoms with E-state index in [9.17, 15) is 9.59 Å². The number of rotatable bonds is 2. The zero-order valence-electron chi connectivity index (χ0n) is 13.4. The molecule has 0 aromatic heterocycles. The summed E-state index contributed by atoms with van der Waals surface area (Å²) in [6.07, 6.45) is 0. The zero-order valence-corrected chi connectivity index (χ0v) is 14.1. The van der Waals surface area contributed by atoms with Gasteiger partial charge in [-0.05, 0) is 45.4 Å². The lowest BCUT2D eigenvalue weighted by atomic mass is 10.1. The molecule has 3 amide bonds. The van der Waals surface area contributed by atoms with Gasteiger partial charge in [-0.25, -0.2) is 4.79 Å². The number of hydrogen-bond donors (Lipinski definition) is 1. The number of nitrogens with one attached hydrogen (secondary N) is 1. The van der Waals surface area contributed by atoms with Crippen LogP contribution in [0.2, 0.25) is 5.02 Å². The van der Waals surface area contributed by atoms with Gasteiger partial charge in [0, 0.05) is 29.8 Å². The molecule has 1 aromatic carbocycles. The molecule has 0 spiro atoms.